The minimum atomic E-state index is 0. The van der Waals surface area contributed by atoms with Crippen molar-refractivity contribution in [3.05, 3.63) is 0 Å². The minimum absolute atomic E-state index is 0. The molecule has 3 saturated heterocycles. The second-order valence-corrected chi connectivity index (χ2v) is 9.66. The third kappa shape index (κ3) is 5.88. The van der Waals surface area contributed by atoms with Crippen LogP contribution in [-0.4, -0.2) is 72.8 Å². The maximum Gasteiger partial charge on any atom is 0.191 e. The second kappa shape index (κ2) is 10.7. The first-order chi connectivity index (χ1) is 12.2. The molecule has 26 heavy (non-hydrogen) atoms. The predicted molar refractivity (Wildman–Crippen MR) is 123 cm³/mol. The number of nitrogens with zero attached hydrogens (tertiary/aromatic N) is 2. The van der Waals surface area contributed by atoms with E-state index in [1.54, 1.807) is 0 Å². The molecule has 0 aliphatic carbocycles. The molecule has 3 rings (SSSR count). The highest BCUT2D eigenvalue weighted by Gasteiger charge is 2.39. The molecule has 1 atom stereocenters. The number of nitrogens with one attached hydrogen (secondary N) is 2. The van der Waals surface area contributed by atoms with Gasteiger partial charge in [-0.05, 0) is 71.2 Å². The second-order valence-electron chi connectivity index (χ2n) is 7.98. The molecule has 152 valence electrons. The van der Waals surface area contributed by atoms with Gasteiger partial charge in [-0.1, -0.05) is 0 Å². The molecule has 1 unspecified atom stereocenters. The van der Waals surface area contributed by atoms with Crippen molar-refractivity contribution in [2.24, 2.45) is 4.99 Å². The van der Waals surface area contributed by atoms with Crippen molar-refractivity contribution in [3.63, 3.8) is 0 Å². The van der Waals surface area contributed by atoms with Crippen molar-refractivity contribution in [1.29, 1.82) is 0 Å². The first-order valence-electron chi connectivity index (χ1n) is 10.1. The minimum Gasteiger partial charge on any atom is -0.381 e. The van der Waals surface area contributed by atoms with Gasteiger partial charge in [0.05, 0.1) is 6.54 Å². The van der Waals surface area contributed by atoms with Gasteiger partial charge in [0.1, 0.15) is 0 Å². The lowest BCUT2D eigenvalue weighted by atomic mass is 9.88. The Morgan fingerprint density at radius 3 is 2.46 bits per heavy atom. The molecule has 0 aromatic rings. The van der Waals surface area contributed by atoms with Crippen LogP contribution in [-0.2, 0) is 4.74 Å². The third-order valence-electron chi connectivity index (χ3n) is 6.01. The van der Waals surface area contributed by atoms with Crippen LogP contribution in [0.1, 0.15) is 52.4 Å². The van der Waals surface area contributed by atoms with E-state index in [4.69, 9.17) is 9.73 Å². The monoisotopic (exact) mass is 496 g/mol. The average Bonchev–Trinajstić information content (AvgIpc) is 3.31. The summed E-state index contributed by atoms with van der Waals surface area (Å²) < 4.78 is 6.02. The Kier molecular flexibility index (Phi) is 9.30. The summed E-state index contributed by atoms with van der Waals surface area (Å²) in [6, 6.07) is 0. The number of aliphatic imine (C=N–C) groups is 1. The van der Waals surface area contributed by atoms with E-state index in [0.29, 0.717) is 4.75 Å². The fraction of sp³-hybridized carbons (Fsp3) is 0.947. The molecule has 0 aromatic heterocycles. The molecule has 5 nitrogen and oxygen atoms in total. The number of rotatable bonds is 6. The van der Waals surface area contributed by atoms with E-state index in [2.05, 4.69) is 41.1 Å². The van der Waals surface area contributed by atoms with E-state index in [9.17, 15) is 0 Å². The molecular formula is C19H37IN4OS. The zero-order chi connectivity index (χ0) is 17.6. The van der Waals surface area contributed by atoms with Gasteiger partial charge in [0.15, 0.2) is 5.96 Å². The molecule has 3 aliphatic heterocycles. The van der Waals surface area contributed by atoms with Crippen LogP contribution in [0, 0.1) is 0 Å². The van der Waals surface area contributed by atoms with Crippen LogP contribution in [0.2, 0.25) is 0 Å². The van der Waals surface area contributed by atoms with Crippen LogP contribution in [0.3, 0.4) is 0 Å². The zero-order valence-corrected chi connectivity index (χ0v) is 19.7. The van der Waals surface area contributed by atoms with E-state index in [0.717, 1.165) is 51.6 Å². The average molecular weight is 497 g/mol. The van der Waals surface area contributed by atoms with Crippen LogP contribution in [0.4, 0.5) is 0 Å². The molecule has 0 radical (unpaired) electrons. The Labute approximate surface area is 180 Å². The summed E-state index contributed by atoms with van der Waals surface area (Å²) in [4.78, 5) is 7.73. The molecule has 3 aliphatic rings. The highest BCUT2D eigenvalue weighted by atomic mass is 127. The molecule has 3 heterocycles. The lowest BCUT2D eigenvalue weighted by Gasteiger charge is -2.43. The van der Waals surface area contributed by atoms with Crippen LogP contribution < -0.4 is 10.6 Å². The summed E-state index contributed by atoms with van der Waals surface area (Å²) >= 11 is 2.10. The van der Waals surface area contributed by atoms with Gasteiger partial charge in [0.2, 0.25) is 0 Å². The maximum atomic E-state index is 5.66. The molecule has 7 heteroatoms. The largest absolute Gasteiger partial charge is 0.381 e. The van der Waals surface area contributed by atoms with Gasteiger partial charge < -0.3 is 15.4 Å². The highest BCUT2D eigenvalue weighted by Crippen LogP contribution is 2.37. The van der Waals surface area contributed by atoms with Crippen molar-refractivity contribution < 1.29 is 4.74 Å². The number of hydrogen-bond donors (Lipinski definition) is 2. The fourth-order valence-electron chi connectivity index (χ4n) is 4.33. The number of likely N-dealkylation sites (tertiary alicyclic amines) is 1. The Hall–Kier alpha value is 0.270. The zero-order valence-electron chi connectivity index (χ0n) is 16.5. The van der Waals surface area contributed by atoms with Gasteiger partial charge >= 0.3 is 0 Å². The Bertz CT molecular complexity index is 445. The topological polar surface area (TPSA) is 48.9 Å². The van der Waals surface area contributed by atoms with Crippen LogP contribution in [0.5, 0.6) is 0 Å². The lowest BCUT2D eigenvalue weighted by Crippen LogP contribution is -2.54. The van der Waals surface area contributed by atoms with E-state index < -0.39 is 0 Å². The summed E-state index contributed by atoms with van der Waals surface area (Å²) in [5.41, 5.74) is 0.211. The Balaban J connectivity index is 0.00000243. The number of ether oxygens (including phenoxy) is 1. The van der Waals surface area contributed by atoms with Gasteiger partial charge in [0.25, 0.3) is 0 Å². The highest BCUT2D eigenvalue weighted by molar-refractivity contribution is 14.0. The van der Waals surface area contributed by atoms with Gasteiger partial charge in [-0.15, -0.1) is 24.0 Å². The molecule has 3 fully saturated rings. The summed E-state index contributed by atoms with van der Waals surface area (Å²) in [5.74, 6) is 2.28. The predicted octanol–water partition coefficient (Wildman–Crippen LogP) is 3.09. The van der Waals surface area contributed by atoms with Gasteiger partial charge in [-0.2, -0.15) is 11.8 Å². The molecule has 0 saturated carbocycles. The van der Waals surface area contributed by atoms with Crippen LogP contribution >= 0.6 is 35.7 Å². The number of hydrogen-bond acceptors (Lipinski definition) is 4. The summed E-state index contributed by atoms with van der Waals surface area (Å²) in [6.45, 7) is 11.5. The fourth-order valence-corrected chi connectivity index (χ4v) is 5.58. The molecular weight excluding hydrogens is 459 g/mol. The quantitative estimate of drug-likeness (QED) is 0.336. The number of halogens is 1. The molecule has 2 N–H and O–H groups in total. The summed E-state index contributed by atoms with van der Waals surface area (Å²) in [6.07, 6.45) is 7.54. The van der Waals surface area contributed by atoms with E-state index in [1.165, 1.54) is 44.5 Å². The van der Waals surface area contributed by atoms with E-state index >= 15 is 0 Å². The van der Waals surface area contributed by atoms with Crippen molar-refractivity contribution >= 4 is 41.7 Å². The first-order valence-corrected chi connectivity index (χ1v) is 11.1. The number of guanidine groups is 1. The third-order valence-corrected chi connectivity index (χ3v) is 7.54. The first kappa shape index (κ1) is 22.6. The van der Waals surface area contributed by atoms with Crippen molar-refractivity contribution in [3.8, 4) is 0 Å². The standard InChI is InChI=1S/C19H36N4OS.HI/c1-3-20-17(21-15-18(2)7-6-14-25-18)22-16-19(8-12-24-13-9-19)23-10-4-5-11-23;/h3-16H2,1-2H3,(H2,20,21,22);1H. The van der Waals surface area contributed by atoms with E-state index in [-0.39, 0.29) is 29.5 Å². The molecule has 0 bridgehead atoms. The van der Waals surface area contributed by atoms with Gasteiger partial charge in [-0.3, -0.25) is 9.89 Å². The lowest BCUT2D eigenvalue weighted by molar-refractivity contribution is -0.0139. The van der Waals surface area contributed by atoms with Crippen molar-refractivity contribution in [2.45, 2.75) is 62.7 Å². The molecule has 0 spiro atoms. The van der Waals surface area contributed by atoms with Crippen molar-refractivity contribution in [2.75, 3.05) is 51.7 Å². The number of thioether (sulfide) groups is 1. The molecule has 0 amide bonds. The maximum absolute atomic E-state index is 5.66. The smallest absolute Gasteiger partial charge is 0.191 e. The Morgan fingerprint density at radius 2 is 1.85 bits per heavy atom. The summed E-state index contributed by atoms with van der Waals surface area (Å²) in [7, 11) is 0. The Morgan fingerprint density at radius 1 is 1.12 bits per heavy atom. The van der Waals surface area contributed by atoms with E-state index in [1.807, 2.05) is 0 Å². The SMILES string of the molecule is CCNC(=NCC1(N2CCCC2)CCOCC1)NCC1(C)CCCS1.I. The summed E-state index contributed by atoms with van der Waals surface area (Å²) in [5, 5.41) is 7.07. The normalized spacial score (nSPS) is 29.4. The van der Waals surface area contributed by atoms with Gasteiger partial charge in [0, 0.05) is 36.6 Å². The van der Waals surface area contributed by atoms with Gasteiger partial charge in [-0.25, -0.2) is 0 Å². The van der Waals surface area contributed by atoms with Crippen LogP contribution in [0.25, 0.3) is 0 Å². The van der Waals surface area contributed by atoms with Crippen molar-refractivity contribution in [1.82, 2.24) is 15.5 Å². The molecule has 0 aromatic carbocycles. The van der Waals surface area contributed by atoms with Crippen LogP contribution in [0.15, 0.2) is 4.99 Å².